The smallest absolute Gasteiger partial charge is 0.290 e. The number of rotatable bonds is 4. The van der Waals surface area contributed by atoms with Crippen molar-refractivity contribution in [3.63, 3.8) is 0 Å². The summed E-state index contributed by atoms with van der Waals surface area (Å²) in [4.78, 5) is 13.0. The Balaban J connectivity index is 1.52. The van der Waals surface area contributed by atoms with Crippen LogP contribution in [0.1, 0.15) is 52.8 Å². The van der Waals surface area contributed by atoms with Crippen LogP contribution in [0.5, 0.6) is 0 Å². The minimum atomic E-state index is -0.256. The number of nitrogens with one attached hydrogen (secondary N) is 2. The van der Waals surface area contributed by atoms with Gasteiger partial charge in [-0.3, -0.25) is 15.6 Å². The summed E-state index contributed by atoms with van der Waals surface area (Å²) in [5, 5.41) is 5.78. The standard InChI is InChI=1S/C21H17BrCl2N4O/c22-14-3-1-2-4-16(14)25-26-21(29)19-18-11-5-6-12(9-11)20(18)28(27-19)17-8-7-13(23)10-15(17)24/h1-4,7-8,10-12,25H,5-6,9H2,(H,26,29). The lowest BCUT2D eigenvalue weighted by Crippen LogP contribution is -2.30. The normalized spacial score (nSPS) is 19.3. The Bertz CT molecular complexity index is 1130. The third-order valence-corrected chi connectivity index (χ3v) is 6.95. The van der Waals surface area contributed by atoms with Crippen LogP contribution >= 0.6 is 39.1 Å². The number of hydrogen-bond donors (Lipinski definition) is 2. The summed E-state index contributed by atoms with van der Waals surface area (Å²) in [7, 11) is 0. The number of fused-ring (bicyclic) bond motifs is 5. The molecule has 3 aromatic rings. The number of benzene rings is 2. The van der Waals surface area contributed by atoms with E-state index in [1.54, 1.807) is 12.1 Å². The third-order valence-electron chi connectivity index (χ3n) is 5.72. The number of hydrazine groups is 1. The van der Waals surface area contributed by atoms with Gasteiger partial charge in [0.2, 0.25) is 0 Å². The zero-order valence-electron chi connectivity index (χ0n) is 15.3. The van der Waals surface area contributed by atoms with Gasteiger partial charge in [-0.1, -0.05) is 35.3 Å². The highest BCUT2D eigenvalue weighted by Crippen LogP contribution is 2.54. The molecule has 1 heterocycles. The maximum Gasteiger partial charge on any atom is 0.290 e. The number of halogens is 3. The molecule has 2 aliphatic rings. The first-order chi connectivity index (χ1) is 14.0. The zero-order chi connectivity index (χ0) is 20.1. The van der Waals surface area contributed by atoms with Gasteiger partial charge in [-0.25, -0.2) is 4.68 Å². The van der Waals surface area contributed by atoms with Gasteiger partial charge in [-0.05, 0) is 71.4 Å². The van der Waals surface area contributed by atoms with Gasteiger partial charge in [0.15, 0.2) is 5.69 Å². The highest BCUT2D eigenvalue weighted by atomic mass is 79.9. The largest absolute Gasteiger partial charge is 0.297 e. The van der Waals surface area contributed by atoms with Crippen molar-refractivity contribution in [3.05, 3.63) is 73.9 Å². The van der Waals surface area contributed by atoms with Crippen LogP contribution in [0.25, 0.3) is 5.69 Å². The number of aromatic nitrogens is 2. The second-order valence-corrected chi connectivity index (χ2v) is 9.12. The molecule has 2 atom stereocenters. The molecular formula is C21H17BrCl2N4O. The molecule has 1 fully saturated rings. The third kappa shape index (κ3) is 3.23. The van der Waals surface area contributed by atoms with E-state index in [1.165, 1.54) is 0 Å². The molecule has 2 aromatic carbocycles. The predicted octanol–water partition coefficient (Wildman–Crippen LogP) is 6.06. The Labute approximate surface area is 186 Å². The molecular weight excluding hydrogens is 475 g/mol. The van der Waals surface area contributed by atoms with Gasteiger partial charge in [0.25, 0.3) is 5.91 Å². The fourth-order valence-electron chi connectivity index (χ4n) is 4.48. The molecule has 5 rings (SSSR count). The van der Waals surface area contributed by atoms with Crippen molar-refractivity contribution < 1.29 is 4.79 Å². The molecule has 0 spiro atoms. The molecule has 2 N–H and O–H groups in total. The molecule has 29 heavy (non-hydrogen) atoms. The Morgan fingerprint density at radius 1 is 1.14 bits per heavy atom. The summed E-state index contributed by atoms with van der Waals surface area (Å²) in [5.74, 6) is 0.527. The van der Waals surface area contributed by atoms with Gasteiger partial charge in [-0.15, -0.1) is 0 Å². The number of nitrogens with zero attached hydrogens (tertiary/aromatic N) is 2. The molecule has 2 aliphatic carbocycles. The monoisotopic (exact) mass is 490 g/mol. The van der Waals surface area contributed by atoms with Gasteiger partial charge in [0.1, 0.15) is 0 Å². The Hall–Kier alpha value is -2.02. The first kappa shape index (κ1) is 19.0. The lowest BCUT2D eigenvalue weighted by atomic mass is 9.95. The van der Waals surface area contributed by atoms with E-state index in [9.17, 15) is 4.79 Å². The van der Waals surface area contributed by atoms with Crippen LogP contribution in [0.4, 0.5) is 5.69 Å². The lowest BCUT2D eigenvalue weighted by molar-refractivity contribution is 0.0956. The minimum Gasteiger partial charge on any atom is -0.297 e. The number of amides is 1. The molecule has 0 aliphatic heterocycles. The SMILES string of the molecule is O=C(NNc1ccccc1Br)c1nn(-c2ccc(Cl)cc2Cl)c2c1C1CCC2C1. The van der Waals surface area contributed by atoms with E-state index in [0.29, 0.717) is 27.6 Å². The van der Waals surface area contributed by atoms with Crippen LogP contribution in [0.3, 0.4) is 0 Å². The van der Waals surface area contributed by atoms with E-state index in [-0.39, 0.29) is 5.91 Å². The summed E-state index contributed by atoms with van der Waals surface area (Å²) in [5.41, 5.74) is 9.90. The second kappa shape index (κ2) is 7.35. The predicted molar refractivity (Wildman–Crippen MR) is 118 cm³/mol. The van der Waals surface area contributed by atoms with Crippen LogP contribution in [0.2, 0.25) is 10.0 Å². The van der Waals surface area contributed by atoms with E-state index < -0.39 is 0 Å². The Kier molecular flexibility index (Phi) is 4.81. The van der Waals surface area contributed by atoms with Crippen LogP contribution in [0, 0.1) is 0 Å². The van der Waals surface area contributed by atoms with E-state index in [2.05, 4.69) is 26.8 Å². The number of para-hydroxylation sites is 1. The van der Waals surface area contributed by atoms with Crippen molar-refractivity contribution in [2.75, 3.05) is 5.43 Å². The van der Waals surface area contributed by atoms with Gasteiger partial charge in [-0.2, -0.15) is 5.10 Å². The van der Waals surface area contributed by atoms with Crippen LogP contribution in [-0.2, 0) is 0 Å². The Morgan fingerprint density at radius 2 is 1.93 bits per heavy atom. The topological polar surface area (TPSA) is 59.0 Å². The van der Waals surface area contributed by atoms with Crippen LogP contribution in [0.15, 0.2) is 46.9 Å². The first-order valence-electron chi connectivity index (χ1n) is 9.42. The fraction of sp³-hybridized carbons (Fsp3) is 0.238. The van der Waals surface area contributed by atoms with Crippen molar-refractivity contribution in [1.82, 2.24) is 15.2 Å². The quantitative estimate of drug-likeness (QED) is 0.436. The van der Waals surface area contributed by atoms with Crippen molar-refractivity contribution in [2.24, 2.45) is 0 Å². The molecule has 2 bridgehead atoms. The van der Waals surface area contributed by atoms with Crippen LogP contribution < -0.4 is 10.9 Å². The summed E-state index contributed by atoms with van der Waals surface area (Å²) < 4.78 is 2.70. The highest BCUT2D eigenvalue weighted by molar-refractivity contribution is 9.10. The molecule has 1 amide bonds. The van der Waals surface area contributed by atoms with Gasteiger partial charge < -0.3 is 0 Å². The van der Waals surface area contributed by atoms with Crippen LogP contribution in [-0.4, -0.2) is 15.7 Å². The summed E-state index contributed by atoms with van der Waals surface area (Å²) in [6.07, 6.45) is 3.27. The number of anilines is 1. The molecule has 2 unspecified atom stereocenters. The molecule has 148 valence electrons. The van der Waals surface area contributed by atoms with Crippen molar-refractivity contribution >= 4 is 50.7 Å². The molecule has 1 saturated carbocycles. The lowest BCUT2D eigenvalue weighted by Gasteiger charge is -2.15. The van der Waals surface area contributed by atoms with Gasteiger partial charge in [0.05, 0.1) is 22.1 Å². The highest BCUT2D eigenvalue weighted by Gasteiger charge is 2.44. The van der Waals surface area contributed by atoms with Gasteiger partial charge >= 0.3 is 0 Å². The molecule has 0 saturated heterocycles. The maximum atomic E-state index is 13.0. The second-order valence-electron chi connectivity index (χ2n) is 7.42. The summed E-state index contributed by atoms with van der Waals surface area (Å²) >= 11 is 16.0. The number of carbonyl (C=O) groups excluding carboxylic acids is 1. The number of hydrogen-bond acceptors (Lipinski definition) is 3. The van der Waals surface area contributed by atoms with Crippen molar-refractivity contribution in [1.29, 1.82) is 0 Å². The van der Waals surface area contributed by atoms with Crippen molar-refractivity contribution in [3.8, 4) is 5.69 Å². The Morgan fingerprint density at radius 3 is 2.72 bits per heavy atom. The van der Waals surface area contributed by atoms with E-state index >= 15 is 0 Å². The van der Waals surface area contributed by atoms with E-state index in [1.807, 2.05) is 35.0 Å². The average molecular weight is 492 g/mol. The number of carbonyl (C=O) groups is 1. The fourth-order valence-corrected chi connectivity index (χ4v) is 5.35. The van der Waals surface area contributed by atoms with E-state index in [0.717, 1.165) is 46.4 Å². The zero-order valence-corrected chi connectivity index (χ0v) is 18.4. The first-order valence-corrected chi connectivity index (χ1v) is 11.0. The minimum absolute atomic E-state index is 0.256. The summed E-state index contributed by atoms with van der Waals surface area (Å²) in [6.45, 7) is 0. The van der Waals surface area contributed by atoms with Gasteiger partial charge in [0, 0.05) is 21.0 Å². The summed E-state index contributed by atoms with van der Waals surface area (Å²) in [6, 6.07) is 12.9. The maximum absolute atomic E-state index is 13.0. The molecule has 1 aromatic heterocycles. The molecule has 0 radical (unpaired) electrons. The van der Waals surface area contributed by atoms with E-state index in [4.69, 9.17) is 28.3 Å². The average Bonchev–Trinajstić information content (AvgIpc) is 3.40. The van der Waals surface area contributed by atoms with Crippen molar-refractivity contribution in [2.45, 2.75) is 31.1 Å². The molecule has 5 nitrogen and oxygen atoms in total. The molecule has 8 heteroatoms.